The summed E-state index contributed by atoms with van der Waals surface area (Å²) in [5.41, 5.74) is 5.55. The Labute approximate surface area is 276 Å². The maximum atomic E-state index is 13.2. The molecule has 11 nitrogen and oxygen atoms in total. The first-order valence-corrected chi connectivity index (χ1v) is 17.1. The smallest absolute Gasteiger partial charge is 0.324 e. The molecule has 0 spiro atoms. The van der Waals surface area contributed by atoms with Crippen molar-refractivity contribution in [1.82, 2.24) is 25.5 Å². The van der Waals surface area contributed by atoms with E-state index >= 15 is 0 Å². The van der Waals surface area contributed by atoms with E-state index in [4.69, 9.17) is 14.5 Å². The van der Waals surface area contributed by atoms with E-state index in [2.05, 4.69) is 15.5 Å². The van der Waals surface area contributed by atoms with Gasteiger partial charge < -0.3 is 19.3 Å². The molecule has 3 N–H and O–H groups in total. The lowest BCUT2D eigenvalue weighted by atomic mass is 10.0. The first kappa shape index (κ1) is 37.4. The molecule has 46 heavy (non-hydrogen) atoms. The third-order valence-corrected chi connectivity index (χ3v) is 9.39. The van der Waals surface area contributed by atoms with E-state index in [1.807, 2.05) is 91.0 Å². The molecule has 1 fully saturated rings. The number of nitrogens with zero attached hydrogens (tertiary/aromatic N) is 2. The molecule has 2 amide bonds. The number of hydrazine groups is 1. The molecule has 0 radical (unpaired) electrons. The van der Waals surface area contributed by atoms with Gasteiger partial charge in [-0.2, -0.15) is 0 Å². The largest absolute Gasteiger partial charge is 0.598 e. The highest BCUT2D eigenvalue weighted by Gasteiger charge is 2.33. The van der Waals surface area contributed by atoms with Gasteiger partial charge in [-0.3, -0.25) is 24.4 Å². The molecule has 0 bridgehead atoms. The van der Waals surface area contributed by atoms with E-state index in [1.54, 1.807) is 6.92 Å². The predicted molar refractivity (Wildman–Crippen MR) is 181 cm³/mol. The number of aromatic nitrogens is 1. The summed E-state index contributed by atoms with van der Waals surface area (Å²) < 4.78 is 26.2. The average Bonchev–Trinajstić information content (AvgIpc) is 3.01. The predicted octanol–water partition coefficient (Wildman–Crippen LogP) is 4.21. The zero-order valence-corrected chi connectivity index (χ0v) is 29.4. The van der Waals surface area contributed by atoms with Gasteiger partial charge in [-0.1, -0.05) is 51.1 Å². The van der Waals surface area contributed by atoms with Gasteiger partial charge >= 0.3 is 5.97 Å². The van der Waals surface area contributed by atoms with Crippen molar-refractivity contribution in [2.75, 3.05) is 20.3 Å². The van der Waals surface area contributed by atoms with E-state index in [9.17, 15) is 18.9 Å². The summed E-state index contributed by atoms with van der Waals surface area (Å²) in [5.74, 6) is -1.23. The molecule has 2 aromatic rings. The summed E-state index contributed by atoms with van der Waals surface area (Å²) in [6.07, 6.45) is 4.52. The summed E-state index contributed by atoms with van der Waals surface area (Å²) in [6.45, 7) is 15.9. The van der Waals surface area contributed by atoms with Gasteiger partial charge in [-0.05, 0) is 77.0 Å². The number of methoxy groups -OCH3 is 1. The molecule has 1 aliphatic heterocycles. The molecule has 6 atom stereocenters. The number of amides is 2. The number of esters is 1. The lowest BCUT2D eigenvalue weighted by Crippen LogP contribution is -2.60. The number of carbonyl (C=O) groups excluding carboxylic acids is 3. The molecular weight excluding hydrogens is 606 g/mol. The van der Waals surface area contributed by atoms with Crippen LogP contribution in [0.5, 0.6) is 0 Å². The second-order valence-corrected chi connectivity index (χ2v) is 15.3. The molecule has 1 aromatic heterocycles. The number of hydrogen-bond acceptors (Lipinski definition) is 9. The summed E-state index contributed by atoms with van der Waals surface area (Å²) in [4.78, 5) is 42.9. The maximum Gasteiger partial charge on any atom is 0.324 e. The molecule has 1 aromatic carbocycles. The summed E-state index contributed by atoms with van der Waals surface area (Å²) in [7, 11) is 1.31. The van der Waals surface area contributed by atoms with Gasteiger partial charge in [0.15, 0.2) is 0 Å². The molecule has 4 unspecified atom stereocenters. The third kappa shape index (κ3) is 10.5. The van der Waals surface area contributed by atoms with Crippen molar-refractivity contribution < 1.29 is 28.4 Å². The molecule has 0 saturated carbocycles. The van der Waals surface area contributed by atoms with Gasteiger partial charge in [0.25, 0.3) is 5.91 Å². The molecule has 1 aliphatic rings. The number of pyridine rings is 1. The number of carbonyl (C=O) groups is 3. The van der Waals surface area contributed by atoms with Crippen molar-refractivity contribution in [2.24, 2.45) is 11.8 Å². The number of rotatable bonds is 13. The van der Waals surface area contributed by atoms with Crippen LogP contribution in [0.4, 0.5) is 0 Å². The molecule has 1 saturated heterocycles. The number of ether oxygens (including phenoxy) is 2. The van der Waals surface area contributed by atoms with E-state index in [-0.39, 0.29) is 34.4 Å². The Morgan fingerprint density at radius 2 is 1.85 bits per heavy atom. The molecule has 12 heteroatoms. The van der Waals surface area contributed by atoms with E-state index in [0.29, 0.717) is 26.0 Å². The van der Waals surface area contributed by atoms with Gasteiger partial charge in [0.1, 0.15) is 22.9 Å². The first-order valence-electron chi connectivity index (χ1n) is 15.9. The fraction of sp³-hybridized carbons (Fsp3) is 0.588. The Hall–Kier alpha value is -3.03. The van der Waals surface area contributed by atoms with Crippen LogP contribution in [0.1, 0.15) is 85.5 Å². The molecule has 0 aliphatic carbocycles. The SMILES string of the molecule is COC(=O)C1CCCN(C(=O)C(C)NC(=O)C(OCC(C)/C=C/c2ccc3ccc([C@@H](C)N[S@+]([O-])C(C)(C)C)nc3c2)C(C)C)N1. The van der Waals surface area contributed by atoms with Gasteiger partial charge in [-0.15, -0.1) is 4.72 Å². The molecular formula is C34H51N5O6S. The molecule has 254 valence electrons. The van der Waals surface area contributed by atoms with Crippen LogP contribution in [-0.2, 0) is 35.2 Å². The highest BCUT2D eigenvalue weighted by atomic mass is 32.2. The number of hydrogen-bond donors (Lipinski definition) is 3. The minimum atomic E-state index is -1.21. The summed E-state index contributed by atoms with van der Waals surface area (Å²) >= 11 is -1.21. The standard InChI is InChI=1S/C34H51N5O6S/c1-21(2)30(31(40)35-24(5)32(41)39-18-10-11-28(37-39)33(42)44-9)45-20-22(3)12-13-25-14-15-26-16-17-27(36-29(26)19-25)23(4)38-46(43)34(6,7)8/h12-17,19,21-24,28,30,37-38H,10-11,18,20H2,1-9H3,(H,35,40)/b13-12+/t22?,23-,24?,28?,30?,46-/m1/s1. The Morgan fingerprint density at radius 3 is 2.50 bits per heavy atom. The molecule has 2 heterocycles. The van der Waals surface area contributed by atoms with Crippen LogP contribution < -0.4 is 15.5 Å². The second-order valence-electron chi connectivity index (χ2n) is 13.3. The van der Waals surface area contributed by atoms with Crippen LogP contribution in [0.15, 0.2) is 36.4 Å². The van der Waals surface area contributed by atoms with Crippen LogP contribution in [0.2, 0.25) is 0 Å². The lowest BCUT2D eigenvalue weighted by Gasteiger charge is -2.34. The third-order valence-electron chi connectivity index (χ3n) is 7.71. The zero-order valence-electron chi connectivity index (χ0n) is 28.6. The van der Waals surface area contributed by atoms with Gasteiger partial charge in [0.05, 0.1) is 31.0 Å². The van der Waals surface area contributed by atoms with E-state index in [0.717, 1.165) is 22.2 Å². The van der Waals surface area contributed by atoms with Crippen molar-refractivity contribution in [1.29, 1.82) is 0 Å². The normalized spacial score (nSPS) is 19.1. The minimum Gasteiger partial charge on any atom is -0.598 e. The highest BCUT2D eigenvalue weighted by molar-refractivity contribution is 7.90. The maximum absolute atomic E-state index is 13.2. The first-order chi connectivity index (χ1) is 21.6. The Balaban J connectivity index is 1.57. The lowest BCUT2D eigenvalue weighted by molar-refractivity contribution is -0.151. The highest BCUT2D eigenvalue weighted by Crippen LogP contribution is 2.22. The Kier molecular flexibility index (Phi) is 13.6. The van der Waals surface area contributed by atoms with Crippen LogP contribution in [0.25, 0.3) is 17.0 Å². The van der Waals surface area contributed by atoms with E-state index < -0.39 is 35.5 Å². The van der Waals surface area contributed by atoms with Crippen LogP contribution in [0.3, 0.4) is 0 Å². The topological polar surface area (TPSA) is 145 Å². The number of fused-ring (bicyclic) bond motifs is 1. The van der Waals surface area contributed by atoms with Crippen molar-refractivity contribution in [3.05, 3.63) is 47.7 Å². The van der Waals surface area contributed by atoms with Crippen molar-refractivity contribution >= 4 is 46.1 Å². The van der Waals surface area contributed by atoms with Crippen LogP contribution >= 0.6 is 0 Å². The number of nitrogens with one attached hydrogen (secondary N) is 3. The van der Waals surface area contributed by atoms with Crippen molar-refractivity contribution in [2.45, 2.75) is 97.2 Å². The fourth-order valence-electron chi connectivity index (χ4n) is 4.90. The Bertz CT molecular complexity index is 1380. The Morgan fingerprint density at radius 1 is 1.15 bits per heavy atom. The van der Waals surface area contributed by atoms with Crippen molar-refractivity contribution in [3.63, 3.8) is 0 Å². The summed E-state index contributed by atoms with van der Waals surface area (Å²) in [5, 5.41) is 5.18. The monoisotopic (exact) mass is 657 g/mol. The summed E-state index contributed by atoms with van der Waals surface area (Å²) in [6, 6.07) is 8.47. The number of benzene rings is 1. The average molecular weight is 658 g/mol. The van der Waals surface area contributed by atoms with Gasteiger partial charge in [-0.25, -0.2) is 5.43 Å². The quantitative estimate of drug-likeness (QED) is 0.213. The van der Waals surface area contributed by atoms with E-state index in [1.165, 1.54) is 12.1 Å². The molecule has 3 rings (SSSR count). The van der Waals surface area contributed by atoms with Gasteiger partial charge in [0, 0.05) is 23.3 Å². The van der Waals surface area contributed by atoms with Crippen LogP contribution in [0, 0.1) is 11.8 Å². The minimum absolute atomic E-state index is 0.00694. The second kappa shape index (κ2) is 16.7. The van der Waals surface area contributed by atoms with Crippen molar-refractivity contribution in [3.8, 4) is 0 Å². The van der Waals surface area contributed by atoms with Crippen LogP contribution in [-0.4, -0.2) is 75.5 Å². The van der Waals surface area contributed by atoms with Gasteiger partial charge in [0.2, 0.25) is 5.91 Å². The zero-order chi connectivity index (χ0) is 34.2. The fourth-order valence-corrected chi connectivity index (χ4v) is 5.69.